The van der Waals surface area contributed by atoms with Gasteiger partial charge in [0.05, 0.1) is 29.6 Å². The van der Waals surface area contributed by atoms with E-state index in [4.69, 9.17) is 0 Å². The van der Waals surface area contributed by atoms with Gasteiger partial charge in [0, 0.05) is 36.3 Å². The summed E-state index contributed by atoms with van der Waals surface area (Å²) in [4.78, 5) is 22.6. The zero-order valence-corrected chi connectivity index (χ0v) is 13.8. The van der Waals surface area contributed by atoms with Gasteiger partial charge in [-0.05, 0) is 25.3 Å². The summed E-state index contributed by atoms with van der Waals surface area (Å²) < 4.78 is 2.40. The molecule has 122 valence electrons. The van der Waals surface area contributed by atoms with E-state index >= 15 is 0 Å². The van der Waals surface area contributed by atoms with E-state index in [1.807, 2.05) is 11.8 Å². The van der Waals surface area contributed by atoms with Crippen molar-refractivity contribution in [3.05, 3.63) is 52.7 Å². The van der Waals surface area contributed by atoms with Crippen molar-refractivity contribution < 1.29 is 4.79 Å². The Morgan fingerprint density at radius 1 is 1.25 bits per heavy atom. The standard InChI is InChI=1S/C19H20N4O/c1-12-15(21-11-20-12)10-22-9-7-16-17(19(22)24)14-6-2-4-13-5-3-8-23(16)18(13)14/h2,4,6,11H,3,5,7-10H2,1H3,(H,20,21). The van der Waals surface area contributed by atoms with Crippen molar-refractivity contribution in [2.24, 2.45) is 0 Å². The van der Waals surface area contributed by atoms with E-state index in [1.165, 1.54) is 16.8 Å². The molecule has 5 heteroatoms. The fourth-order valence-electron chi connectivity index (χ4n) is 4.29. The zero-order chi connectivity index (χ0) is 16.3. The molecule has 0 radical (unpaired) electrons. The molecule has 0 saturated carbocycles. The molecule has 2 aromatic heterocycles. The number of nitrogens with zero attached hydrogens (tertiary/aromatic N) is 3. The predicted octanol–water partition coefficient (Wildman–Crippen LogP) is 2.82. The predicted molar refractivity (Wildman–Crippen MR) is 92.0 cm³/mol. The Morgan fingerprint density at radius 2 is 2.17 bits per heavy atom. The number of imidazole rings is 1. The minimum absolute atomic E-state index is 0.154. The maximum atomic E-state index is 13.2. The van der Waals surface area contributed by atoms with Crippen LogP contribution < -0.4 is 0 Å². The highest BCUT2D eigenvalue weighted by molar-refractivity contribution is 6.10. The quantitative estimate of drug-likeness (QED) is 0.789. The number of aromatic nitrogens is 3. The first-order valence-corrected chi connectivity index (χ1v) is 8.65. The monoisotopic (exact) mass is 320 g/mol. The maximum absolute atomic E-state index is 13.2. The van der Waals surface area contributed by atoms with Crippen LogP contribution in [-0.4, -0.2) is 31.9 Å². The fourth-order valence-corrected chi connectivity index (χ4v) is 4.29. The third-order valence-electron chi connectivity index (χ3n) is 5.50. The second kappa shape index (κ2) is 4.97. The van der Waals surface area contributed by atoms with Gasteiger partial charge in [-0.15, -0.1) is 0 Å². The van der Waals surface area contributed by atoms with Gasteiger partial charge in [0.1, 0.15) is 0 Å². The number of aryl methyl sites for hydroxylation is 3. The zero-order valence-electron chi connectivity index (χ0n) is 13.8. The lowest BCUT2D eigenvalue weighted by Gasteiger charge is -2.28. The van der Waals surface area contributed by atoms with Crippen LogP contribution >= 0.6 is 0 Å². The summed E-state index contributed by atoms with van der Waals surface area (Å²) in [5.41, 5.74) is 6.83. The Kier molecular flexibility index (Phi) is 2.86. The summed E-state index contributed by atoms with van der Waals surface area (Å²) >= 11 is 0. The van der Waals surface area contributed by atoms with Crippen LogP contribution in [0, 0.1) is 6.92 Å². The first-order chi connectivity index (χ1) is 11.7. The number of hydrogen-bond donors (Lipinski definition) is 1. The van der Waals surface area contributed by atoms with Gasteiger partial charge in [-0.3, -0.25) is 4.79 Å². The third kappa shape index (κ3) is 1.81. The van der Waals surface area contributed by atoms with E-state index in [0.717, 1.165) is 54.7 Å². The number of carbonyl (C=O) groups excluding carboxylic acids is 1. The Hall–Kier alpha value is -2.56. The van der Waals surface area contributed by atoms with Crippen molar-refractivity contribution in [2.45, 2.75) is 39.3 Å². The van der Waals surface area contributed by atoms with Crippen LogP contribution in [0.4, 0.5) is 0 Å². The summed E-state index contributed by atoms with van der Waals surface area (Å²) in [5, 5.41) is 1.13. The van der Waals surface area contributed by atoms with Crippen LogP contribution in [-0.2, 0) is 25.9 Å². The van der Waals surface area contributed by atoms with E-state index in [0.29, 0.717) is 6.54 Å². The molecule has 24 heavy (non-hydrogen) atoms. The van der Waals surface area contributed by atoms with Crippen molar-refractivity contribution in [1.82, 2.24) is 19.4 Å². The third-order valence-corrected chi connectivity index (χ3v) is 5.50. The van der Waals surface area contributed by atoms with Gasteiger partial charge in [-0.2, -0.15) is 0 Å². The molecule has 2 aliphatic heterocycles. The number of nitrogens with one attached hydrogen (secondary N) is 1. The molecule has 0 saturated heterocycles. The van der Waals surface area contributed by atoms with Crippen LogP contribution in [0.15, 0.2) is 24.5 Å². The van der Waals surface area contributed by atoms with E-state index in [9.17, 15) is 4.79 Å². The maximum Gasteiger partial charge on any atom is 0.256 e. The fraction of sp³-hybridized carbons (Fsp3) is 0.368. The van der Waals surface area contributed by atoms with E-state index in [-0.39, 0.29) is 5.91 Å². The summed E-state index contributed by atoms with van der Waals surface area (Å²) in [7, 11) is 0. The Labute approximate surface area is 140 Å². The number of benzene rings is 1. The van der Waals surface area contributed by atoms with Gasteiger partial charge in [0.2, 0.25) is 0 Å². The average Bonchev–Trinajstić information content (AvgIpc) is 3.15. The first-order valence-electron chi connectivity index (χ1n) is 8.65. The van der Waals surface area contributed by atoms with E-state index < -0.39 is 0 Å². The molecule has 5 nitrogen and oxygen atoms in total. The topological polar surface area (TPSA) is 53.9 Å². The molecular formula is C19H20N4O. The van der Waals surface area contributed by atoms with Gasteiger partial charge in [0.25, 0.3) is 5.91 Å². The lowest BCUT2D eigenvalue weighted by molar-refractivity contribution is 0.0725. The molecule has 1 aromatic carbocycles. The van der Waals surface area contributed by atoms with E-state index in [2.05, 4.69) is 32.7 Å². The largest absolute Gasteiger partial charge is 0.348 e. The van der Waals surface area contributed by atoms with Crippen LogP contribution in [0.1, 0.15) is 39.4 Å². The number of rotatable bonds is 2. The molecule has 1 N–H and O–H groups in total. The minimum Gasteiger partial charge on any atom is -0.348 e. The molecule has 0 bridgehead atoms. The number of amides is 1. The number of H-pyrrole nitrogens is 1. The first kappa shape index (κ1) is 13.8. The van der Waals surface area contributed by atoms with Crippen LogP contribution in [0.25, 0.3) is 10.9 Å². The van der Waals surface area contributed by atoms with Crippen molar-refractivity contribution in [2.75, 3.05) is 6.54 Å². The van der Waals surface area contributed by atoms with Gasteiger partial charge in [0.15, 0.2) is 0 Å². The number of carbonyl (C=O) groups is 1. The Balaban J connectivity index is 1.62. The lowest BCUT2D eigenvalue weighted by Crippen LogP contribution is -2.37. The number of para-hydroxylation sites is 1. The SMILES string of the molecule is Cc1[nH]cnc1CN1CCc2c(c3cccc4c3n2CCC4)C1=O. The second-order valence-electron chi connectivity index (χ2n) is 6.84. The summed E-state index contributed by atoms with van der Waals surface area (Å²) in [5.74, 6) is 0.154. The van der Waals surface area contributed by atoms with Crippen LogP contribution in [0.5, 0.6) is 0 Å². The van der Waals surface area contributed by atoms with E-state index in [1.54, 1.807) is 6.33 Å². The molecule has 0 spiro atoms. The highest BCUT2D eigenvalue weighted by atomic mass is 16.2. The van der Waals surface area contributed by atoms with Gasteiger partial charge >= 0.3 is 0 Å². The van der Waals surface area contributed by atoms with Crippen LogP contribution in [0.2, 0.25) is 0 Å². The summed E-state index contributed by atoms with van der Waals surface area (Å²) in [6.07, 6.45) is 4.91. The summed E-state index contributed by atoms with van der Waals surface area (Å²) in [6, 6.07) is 6.41. The summed E-state index contributed by atoms with van der Waals surface area (Å²) in [6.45, 7) is 4.39. The van der Waals surface area contributed by atoms with Crippen molar-refractivity contribution >= 4 is 16.8 Å². The molecule has 5 rings (SSSR count). The molecule has 0 fully saturated rings. The number of hydrogen-bond acceptors (Lipinski definition) is 2. The smallest absolute Gasteiger partial charge is 0.256 e. The van der Waals surface area contributed by atoms with Gasteiger partial charge in [-0.1, -0.05) is 18.2 Å². The highest BCUT2D eigenvalue weighted by Crippen LogP contribution is 2.36. The number of aromatic amines is 1. The van der Waals surface area contributed by atoms with Crippen molar-refractivity contribution in [1.29, 1.82) is 0 Å². The van der Waals surface area contributed by atoms with Gasteiger partial charge < -0.3 is 14.5 Å². The Bertz CT molecular complexity index is 965. The molecule has 0 aliphatic carbocycles. The second-order valence-corrected chi connectivity index (χ2v) is 6.84. The molecule has 2 aliphatic rings. The van der Waals surface area contributed by atoms with Crippen molar-refractivity contribution in [3.8, 4) is 0 Å². The minimum atomic E-state index is 0.154. The molecule has 1 amide bonds. The molecule has 3 aromatic rings. The number of fused-ring (bicyclic) bond motifs is 3. The normalized spacial score (nSPS) is 16.7. The lowest BCUT2D eigenvalue weighted by atomic mass is 10.0. The molecular weight excluding hydrogens is 300 g/mol. The molecule has 4 heterocycles. The molecule has 0 atom stereocenters. The van der Waals surface area contributed by atoms with Gasteiger partial charge in [-0.25, -0.2) is 4.98 Å². The van der Waals surface area contributed by atoms with Crippen LogP contribution in [0.3, 0.4) is 0 Å². The Morgan fingerprint density at radius 3 is 3.00 bits per heavy atom. The average molecular weight is 320 g/mol. The highest BCUT2D eigenvalue weighted by Gasteiger charge is 2.32. The van der Waals surface area contributed by atoms with Crippen molar-refractivity contribution in [3.63, 3.8) is 0 Å². The molecule has 0 unspecified atom stereocenters.